The summed E-state index contributed by atoms with van der Waals surface area (Å²) in [6.45, 7) is 6.00. The molecule has 2 N–H and O–H groups in total. The fraction of sp³-hybridized carbons (Fsp3) is 0.985. The molecule has 0 aliphatic heterocycles. The number of aliphatic hydroxyl groups excluding tert-OH is 2. The third-order valence-corrected chi connectivity index (χ3v) is 16.1. The first-order chi connectivity index (χ1) is 35.7. The molecule has 432 valence electrons. The minimum absolute atomic E-state index is 0.0497. The summed E-state index contributed by atoms with van der Waals surface area (Å²) >= 11 is 0. The van der Waals surface area contributed by atoms with Gasteiger partial charge in [0.05, 0.1) is 19.3 Å². The fourth-order valence-electron chi connectivity index (χ4n) is 11.1. The van der Waals surface area contributed by atoms with Crippen LogP contribution in [-0.2, 0) is 9.53 Å². The SMILES string of the molecule is CCCCCCCCCCCCCCCCCCCCCCCCCCCCCCCCOCC(O)CN(CCO)C(=O)CCCCCCCCCCCCCCCCCCCCCCCCCCCCC. The molecule has 1 atom stereocenters. The predicted octanol–water partition coefficient (Wildman–Crippen LogP) is 21.9. The molecule has 72 heavy (non-hydrogen) atoms. The first-order valence-electron chi connectivity index (χ1n) is 33.8. The van der Waals surface area contributed by atoms with Gasteiger partial charge in [-0.05, 0) is 12.8 Å². The van der Waals surface area contributed by atoms with E-state index in [2.05, 4.69) is 13.8 Å². The summed E-state index contributed by atoms with van der Waals surface area (Å²) in [7, 11) is 0. The second kappa shape index (κ2) is 64.6. The Morgan fingerprint density at radius 3 is 0.764 bits per heavy atom. The Morgan fingerprint density at radius 2 is 0.542 bits per heavy atom. The molecule has 5 nitrogen and oxygen atoms in total. The van der Waals surface area contributed by atoms with Gasteiger partial charge >= 0.3 is 0 Å². The molecule has 0 rings (SSSR count). The summed E-state index contributed by atoms with van der Waals surface area (Å²) in [5.74, 6) is 0.0497. The molecule has 0 aromatic rings. The van der Waals surface area contributed by atoms with Crippen LogP contribution < -0.4 is 0 Å². The number of hydrogen-bond donors (Lipinski definition) is 2. The van der Waals surface area contributed by atoms with Crippen LogP contribution in [0.15, 0.2) is 0 Å². The summed E-state index contributed by atoms with van der Waals surface area (Å²) < 4.78 is 5.79. The predicted molar refractivity (Wildman–Crippen MR) is 320 cm³/mol. The van der Waals surface area contributed by atoms with E-state index in [0.29, 0.717) is 13.0 Å². The summed E-state index contributed by atoms with van der Waals surface area (Å²) in [6.07, 6.45) is 79.5. The van der Waals surface area contributed by atoms with Gasteiger partial charge in [-0.15, -0.1) is 0 Å². The van der Waals surface area contributed by atoms with Crippen LogP contribution in [0.2, 0.25) is 0 Å². The molecule has 0 aliphatic carbocycles. The van der Waals surface area contributed by atoms with Crippen molar-refractivity contribution in [3.05, 3.63) is 0 Å². The number of carbonyl (C=O) groups excluding carboxylic acids is 1. The van der Waals surface area contributed by atoms with Crippen LogP contribution in [0.25, 0.3) is 0 Å². The number of rotatable bonds is 65. The zero-order chi connectivity index (χ0) is 52.0. The minimum Gasteiger partial charge on any atom is -0.395 e. The first-order valence-corrected chi connectivity index (χ1v) is 33.8. The standard InChI is InChI=1S/C67H135NO4/c1-3-5-7-9-11-13-15-17-19-21-23-25-27-29-31-32-33-35-37-39-41-43-45-47-49-51-53-55-57-59-63-72-65-66(70)64-68(61-62-69)67(71)60-58-56-54-52-50-48-46-44-42-40-38-36-34-30-28-26-24-22-20-18-16-14-12-10-8-6-4-2/h66,69-70H,3-65H2,1-2H3. The molecule has 1 amide bonds. The molecule has 0 bridgehead atoms. The molecule has 5 heteroatoms. The lowest BCUT2D eigenvalue weighted by atomic mass is 10.0. The maximum absolute atomic E-state index is 12.9. The van der Waals surface area contributed by atoms with Crippen LogP contribution in [0.3, 0.4) is 0 Å². The van der Waals surface area contributed by atoms with Crippen molar-refractivity contribution in [2.45, 2.75) is 392 Å². The Labute approximate surface area is 453 Å². The smallest absolute Gasteiger partial charge is 0.222 e. The van der Waals surface area contributed by atoms with Gasteiger partial charge in [0.2, 0.25) is 5.91 Å². The van der Waals surface area contributed by atoms with Crippen molar-refractivity contribution >= 4 is 5.91 Å². The Bertz CT molecular complexity index is 975. The molecule has 0 spiro atoms. The number of unbranched alkanes of at least 4 members (excludes halogenated alkanes) is 55. The average Bonchev–Trinajstić information content (AvgIpc) is 3.38. The van der Waals surface area contributed by atoms with Gasteiger partial charge in [0.1, 0.15) is 0 Å². The van der Waals surface area contributed by atoms with Crippen LogP contribution in [0, 0.1) is 0 Å². The summed E-state index contributed by atoms with van der Waals surface area (Å²) in [5.41, 5.74) is 0. The van der Waals surface area contributed by atoms with Gasteiger partial charge in [0.15, 0.2) is 0 Å². The van der Waals surface area contributed by atoms with Crippen LogP contribution >= 0.6 is 0 Å². The number of hydrogen-bond acceptors (Lipinski definition) is 4. The molecular formula is C67H135NO4. The largest absolute Gasteiger partial charge is 0.395 e. The second-order valence-corrected chi connectivity index (χ2v) is 23.5. The van der Waals surface area contributed by atoms with Gasteiger partial charge in [0, 0.05) is 26.1 Å². The molecule has 0 aromatic carbocycles. The Morgan fingerprint density at radius 1 is 0.333 bits per heavy atom. The zero-order valence-electron chi connectivity index (χ0n) is 49.8. The van der Waals surface area contributed by atoms with Crippen LogP contribution in [-0.4, -0.2) is 60.0 Å². The van der Waals surface area contributed by atoms with Crippen molar-refractivity contribution in [2.24, 2.45) is 0 Å². The Balaban J connectivity index is 3.42. The van der Waals surface area contributed by atoms with E-state index in [4.69, 9.17) is 4.74 Å². The highest BCUT2D eigenvalue weighted by Gasteiger charge is 2.17. The van der Waals surface area contributed by atoms with Crippen molar-refractivity contribution in [1.29, 1.82) is 0 Å². The highest BCUT2D eigenvalue weighted by Crippen LogP contribution is 2.19. The molecule has 0 fully saturated rings. The molecule has 0 aromatic heterocycles. The van der Waals surface area contributed by atoms with E-state index in [0.717, 1.165) is 19.3 Å². The molecule has 0 radical (unpaired) electrons. The van der Waals surface area contributed by atoms with Crippen LogP contribution in [0.1, 0.15) is 386 Å². The lowest BCUT2D eigenvalue weighted by Gasteiger charge is -2.24. The van der Waals surface area contributed by atoms with E-state index in [-0.39, 0.29) is 32.2 Å². The lowest BCUT2D eigenvalue weighted by Crippen LogP contribution is -2.40. The summed E-state index contributed by atoms with van der Waals surface area (Å²) in [4.78, 5) is 14.5. The quantitative estimate of drug-likeness (QED) is 0.0596. The average molecular weight is 1020 g/mol. The van der Waals surface area contributed by atoms with E-state index in [1.807, 2.05) is 0 Å². The van der Waals surface area contributed by atoms with E-state index < -0.39 is 6.10 Å². The Kier molecular flexibility index (Phi) is 64.1. The van der Waals surface area contributed by atoms with E-state index in [1.165, 1.54) is 347 Å². The maximum Gasteiger partial charge on any atom is 0.222 e. The third kappa shape index (κ3) is 60.2. The summed E-state index contributed by atoms with van der Waals surface area (Å²) in [5, 5.41) is 20.1. The first kappa shape index (κ1) is 71.3. The maximum atomic E-state index is 12.9. The van der Waals surface area contributed by atoms with Gasteiger partial charge in [-0.25, -0.2) is 0 Å². The van der Waals surface area contributed by atoms with Gasteiger partial charge in [-0.2, -0.15) is 0 Å². The molecule has 0 saturated heterocycles. The van der Waals surface area contributed by atoms with Gasteiger partial charge in [0.25, 0.3) is 0 Å². The minimum atomic E-state index is -0.701. The summed E-state index contributed by atoms with van der Waals surface area (Å²) in [6, 6.07) is 0. The van der Waals surface area contributed by atoms with Gasteiger partial charge in [-0.3, -0.25) is 4.79 Å². The Hall–Kier alpha value is -0.650. The lowest BCUT2D eigenvalue weighted by molar-refractivity contribution is -0.134. The van der Waals surface area contributed by atoms with E-state index >= 15 is 0 Å². The monoisotopic (exact) mass is 1020 g/mol. The number of aliphatic hydroxyl groups is 2. The number of carbonyl (C=O) groups is 1. The third-order valence-electron chi connectivity index (χ3n) is 16.1. The molecule has 0 saturated carbocycles. The molecule has 1 unspecified atom stereocenters. The van der Waals surface area contributed by atoms with Crippen molar-refractivity contribution in [2.75, 3.05) is 32.9 Å². The normalized spacial score (nSPS) is 12.1. The highest BCUT2D eigenvalue weighted by atomic mass is 16.5. The van der Waals surface area contributed by atoms with Crippen LogP contribution in [0.4, 0.5) is 0 Å². The van der Waals surface area contributed by atoms with E-state index in [1.54, 1.807) is 4.90 Å². The van der Waals surface area contributed by atoms with Crippen LogP contribution in [0.5, 0.6) is 0 Å². The number of nitrogens with zero attached hydrogens (tertiary/aromatic N) is 1. The van der Waals surface area contributed by atoms with Gasteiger partial charge < -0.3 is 19.8 Å². The van der Waals surface area contributed by atoms with Crippen molar-refractivity contribution in [3.8, 4) is 0 Å². The fourth-order valence-corrected chi connectivity index (χ4v) is 11.1. The molecule has 0 heterocycles. The molecular weight excluding hydrogens is 883 g/mol. The topological polar surface area (TPSA) is 70.0 Å². The van der Waals surface area contributed by atoms with Crippen molar-refractivity contribution in [1.82, 2.24) is 4.90 Å². The molecule has 0 aliphatic rings. The number of ether oxygens (including phenoxy) is 1. The second-order valence-electron chi connectivity index (χ2n) is 23.5. The highest BCUT2D eigenvalue weighted by molar-refractivity contribution is 5.76. The van der Waals surface area contributed by atoms with Crippen molar-refractivity contribution in [3.63, 3.8) is 0 Å². The van der Waals surface area contributed by atoms with E-state index in [9.17, 15) is 15.0 Å². The zero-order valence-corrected chi connectivity index (χ0v) is 49.8. The van der Waals surface area contributed by atoms with Crippen molar-refractivity contribution < 1.29 is 19.7 Å². The van der Waals surface area contributed by atoms with Gasteiger partial charge in [-0.1, -0.05) is 367 Å². The number of amides is 1.